The first-order valence-corrected chi connectivity index (χ1v) is 4.95. The number of allylic oxidation sites excluding steroid dienone is 1. The molecule has 0 nitrogen and oxygen atoms in total. The third kappa shape index (κ3) is 1.18. The molecule has 0 unspecified atom stereocenters. The first-order valence-electron chi connectivity index (χ1n) is 3.37. The van der Waals surface area contributed by atoms with E-state index in [0.29, 0.717) is 0 Å². The lowest BCUT2D eigenvalue weighted by molar-refractivity contribution is 1.23. The molecule has 0 heterocycles. The highest BCUT2D eigenvalue weighted by Crippen LogP contribution is 2.45. The van der Waals surface area contributed by atoms with E-state index < -0.39 is 0 Å². The molecule has 0 atom stereocenters. The van der Waals surface area contributed by atoms with Gasteiger partial charge in [-0.25, -0.2) is 0 Å². The molecule has 0 aromatic heterocycles. The summed E-state index contributed by atoms with van der Waals surface area (Å²) in [6, 6.07) is 8.31. The van der Waals surface area contributed by atoms with Crippen LogP contribution in [0.15, 0.2) is 30.3 Å². The van der Waals surface area contributed by atoms with Crippen LogP contribution in [0.3, 0.4) is 0 Å². The van der Waals surface area contributed by atoms with Gasteiger partial charge in [0, 0.05) is 0 Å². The molecule has 0 aliphatic heterocycles. The molecular weight excluding hydrogens is 268 g/mol. The second-order valence-corrected chi connectivity index (χ2v) is 6.11. The number of rotatable bonds is 0. The Morgan fingerprint density at radius 1 is 1.09 bits per heavy atom. The zero-order valence-corrected chi connectivity index (χ0v) is 8.89. The van der Waals surface area contributed by atoms with Gasteiger partial charge in [-0.2, -0.15) is 0 Å². The summed E-state index contributed by atoms with van der Waals surface area (Å²) < 4.78 is -0.128. The number of benzene rings is 1. The van der Waals surface area contributed by atoms with Crippen LogP contribution in [0.25, 0.3) is 6.08 Å². The maximum atomic E-state index is 3.57. The van der Waals surface area contributed by atoms with E-state index in [1.54, 1.807) is 0 Å². The van der Waals surface area contributed by atoms with Gasteiger partial charge < -0.3 is 0 Å². The summed E-state index contributed by atoms with van der Waals surface area (Å²) in [6.07, 6.45) is 4.20. The third-order valence-electron chi connectivity index (χ3n) is 1.79. The predicted octanol–water partition coefficient (Wildman–Crippen LogP) is 3.66. The fourth-order valence-electron chi connectivity index (χ4n) is 1.23. The van der Waals surface area contributed by atoms with Crippen LogP contribution in [0.2, 0.25) is 0 Å². The van der Waals surface area contributed by atoms with E-state index in [1.165, 1.54) is 11.1 Å². The largest absolute Gasteiger partial charge is 0.124 e. The minimum absolute atomic E-state index is 0.128. The van der Waals surface area contributed by atoms with E-state index in [9.17, 15) is 0 Å². The van der Waals surface area contributed by atoms with Crippen LogP contribution >= 0.6 is 31.9 Å². The molecule has 0 radical (unpaired) electrons. The Hall–Kier alpha value is -0.0800. The average molecular weight is 274 g/mol. The summed E-state index contributed by atoms with van der Waals surface area (Å²) in [5, 5.41) is 0. The Labute approximate surface area is 82.6 Å². The second kappa shape index (κ2) is 2.46. The number of fused-ring (bicyclic) bond motifs is 1. The minimum atomic E-state index is -0.128. The zero-order chi connectivity index (χ0) is 7.90. The summed E-state index contributed by atoms with van der Waals surface area (Å²) >= 11 is 7.14. The van der Waals surface area contributed by atoms with Crippen LogP contribution in [0.5, 0.6) is 0 Å². The van der Waals surface area contributed by atoms with Crippen molar-refractivity contribution in [1.29, 1.82) is 0 Å². The highest BCUT2D eigenvalue weighted by atomic mass is 79.9. The van der Waals surface area contributed by atoms with Gasteiger partial charge in [0.2, 0.25) is 0 Å². The molecule has 1 aliphatic rings. The molecule has 0 fully saturated rings. The molecule has 0 saturated carbocycles. The third-order valence-corrected chi connectivity index (χ3v) is 3.18. The van der Waals surface area contributed by atoms with Crippen LogP contribution < -0.4 is 0 Å². The molecule has 2 heteroatoms. The second-order valence-electron chi connectivity index (χ2n) is 2.54. The van der Waals surface area contributed by atoms with Crippen LogP contribution in [0, 0.1) is 0 Å². The summed E-state index contributed by atoms with van der Waals surface area (Å²) in [4.78, 5) is 0. The quantitative estimate of drug-likeness (QED) is 0.633. The van der Waals surface area contributed by atoms with Gasteiger partial charge in [-0.3, -0.25) is 0 Å². The molecule has 2 rings (SSSR count). The lowest BCUT2D eigenvalue weighted by Crippen LogP contribution is -2.00. The smallest absolute Gasteiger partial charge is 0.0627 e. The summed E-state index contributed by atoms with van der Waals surface area (Å²) in [6.45, 7) is 0. The van der Waals surface area contributed by atoms with Gasteiger partial charge in [0.15, 0.2) is 0 Å². The number of halogens is 2. The van der Waals surface area contributed by atoms with Crippen molar-refractivity contribution in [2.24, 2.45) is 0 Å². The van der Waals surface area contributed by atoms with Crippen molar-refractivity contribution >= 4 is 37.9 Å². The van der Waals surface area contributed by atoms with Gasteiger partial charge >= 0.3 is 0 Å². The van der Waals surface area contributed by atoms with Crippen molar-refractivity contribution in [1.82, 2.24) is 0 Å². The lowest BCUT2D eigenvalue weighted by atomic mass is 10.1. The van der Waals surface area contributed by atoms with Gasteiger partial charge in [-0.15, -0.1) is 0 Å². The Morgan fingerprint density at radius 2 is 1.82 bits per heavy atom. The topological polar surface area (TPSA) is 0 Å². The van der Waals surface area contributed by atoms with E-state index in [2.05, 4.69) is 56.1 Å². The fourth-order valence-corrected chi connectivity index (χ4v) is 2.22. The van der Waals surface area contributed by atoms with Crippen LogP contribution in [-0.2, 0) is 3.23 Å². The normalized spacial score (nSPS) is 18.4. The van der Waals surface area contributed by atoms with Gasteiger partial charge in [0.25, 0.3) is 0 Å². The molecule has 56 valence electrons. The molecule has 0 amide bonds. The molecule has 0 spiro atoms. The first-order chi connectivity index (χ1) is 5.20. The zero-order valence-electron chi connectivity index (χ0n) is 5.72. The van der Waals surface area contributed by atoms with Crippen LogP contribution in [-0.4, -0.2) is 0 Å². The Bertz CT molecular complexity index is 313. The Balaban J connectivity index is 2.64. The number of hydrogen-bond donors (Lipinski definition) is 0. The monoisotopic (exact) mass is 272 g/mol. The lowest BCUT2D eigenvalue weighted by Gasteiger charge is -2.12. The van der Waals surface area contributed by atoms with Crippen LogP contribution in [0.1, 0.15) is 11.1 Å². The van der Waals surface area contributed by atoms with E-state index >= 15 is 0 Å². The SMILES string of the molecule is BrC1(Br)C=Cc2ccccc21. The van der Waals surface area contributed by atoms with Gasteiger partial charge in [-0.1, -0.05) is 68.3 Å². The maximum Gasteiger partial charge on any atom is 0.124 e. The van der Waals surface area contributed by atoms with E-state index in [4.69, 9.17) is 0 Å². The maximum absolute atomic E-state index is 3.57. The molecule has 1 aliphatic carbocycles. The molecule has 11 heavy (non-hydrogen) atoms. The molecule has 0 N–H and O–H groups in total. The predicted molar refractivity (Wildman–Crippen MR) is 55.0 cm³/mol. The van der Waals surface area contributed by atoms with Gasteiger partial charge in [-0.05, 0) is 11.1 Å². The summed E-state index contributed by atoms with van der Waals surface area (Å²) in [5.41, 5.74) is 2.56. The van der Waals surface area contributed by atoms with Crippen molar-refractivity contribution in [3.63, 3.8) is 0 Å². The Morgan fingerprint density at radius 3 is 2.55 bits per heavy atom. The highest BCUT2D eigenvalue weighted by molar-refractivity contribution is 9.25. The van der Waals surface area contributed by atoms with Crippen molar-refractivity contribution in [3.05, 3.63) is 41.5 Å². The molecule has 1 aromatic rings. The fraction of sp³-hybridized carbons (Fsp3) is 0.111. The molecular formula is C9H6Br2. The van der Waals surface area contributed by atoms with Crippen molar-refractivity contribution < 1.29 is 0 Å². The van der Waals surface area contributed by atoms with Crippen molar-refractivity contribution in [3.8, 4) is 0 Å². The number of hydrogen-bond acceptors (Lipinski definition) is 0. The van der Waals surface area contributed by atoms with E-state index in [1.807, 2.05) is 12.1 Å². The first kappa shape index (κ1) is 7.56. The standard InChI is InChI=1S/C9H6Br2/c10-9(11)6-5-7-3-1-2-4-8(7)9/h1-6H. The Kier molecular flexibility index (Phi) is 1.69. The van der Waals surface area contributed by atoms with Crippen molar-refractivity contribution in [2.45, 2.75) is 3.23 Å². The van der Waals surface area contributed by atoms with Gasteiger partial charge in [0.05, 0.1) is 0 Å². The molecule has 0 saturated heterocycles. The molecule has 0 bridgehead atoms. The summed E-state index contributed by atoms with van der Waals surface area (Å²) in [7, 11) is 0. The van der Waals surface area contributed by atoms with Crippen LogP contribution in [0.4, 0.5) is 0 Å². The van der Waals surface area contributed by atoms with E-state index in [-0.39, 0.29) is 3.23 Å². The number of alkyl halides is 2. The molecule has 1 aromatic carbocycles. The highest BCUT2D eigenvalue weighted by Gasteiger charge is 2.27. The summed E-state index contributed by atoms with van der Waals surface area (Å²) in [5.74, 6) is 0. The van der Waals surface area contributed by atoms with Crippen molar-refractivity contribution in [2.75, 3.05) is 0 Å². The average Bonchev–Trinajstić information content (AvgIpc) is 2.29. The van der Waals surface area contributed by atoms with Gasteiger partial charge in [0.1, 0.15) is 3.23 Å². The van der Waals surface area contributed by atoms with E-state index in [0.717, 1.165) is 0 Å². The minimum Gasteiger partial charge on any atom is -0.0627 e.